The van der Waals surface area contributed by atoms with Crippen molar-refractivity contribution >= 4 is 33.2 Å². The third-order valence-corrected chi connectivity index (χ3v) is 7.05. The third-order valence-electron chi connectivity index (χ3n) is 5.66. The summed E-state index contributed by atoms with van der Waals surface area (Å²) in [6.45, 7) is 7.22. The maximum Gasteiger partial charge on any atom is 0.407 e. The molecular weight excluding hydrogens is 516 g/mol. The Morgan fingerprint density at radius 3 is 2.41 bits per heavy atom. The van der Waals surface area contributed by atoms with Crippen LogP contribution >= 0.6 is 10.0 Å². The van der Waals surface area contributed by atoms with Crippen molar-refractivity contribution < 1.29 is 23.8 Å². The van der Waals surface area contributed by atoms with Gasteiger partial charge in [-0.25, -0.2) is 24.6 Å². The largest absolute Gasteiger partial charge is 0.445 e. The molecule has 214 valence electrons. The topological polar surface area (TPSA) is 104 Å². The predicted octanol–water partition coefficient (Wildman–Crippen LogP) is 5.20. The van der Waals surface area contributed by atoms with Crippen molar-refractivity contribution in [2.45, 2.75) is 52.7 Å². The van der Waals surface area contributed by atoms with E-state index in [-0.39, 0.29) is 13.2 Å². The molecule has 9 nitrogen and oxygen atoms in total. The molecule has 2 aromatic carbocycles. The summed E-state index contributed by atoms with van der Waals surface area (Å²) in [6.07, 6.45) is 6.39. The van der Waals surface area contributed by atoms with Crippen LogP contribution in [0.3, 0.4) is 0 Å². The van der Waals surface area contributed by atoms with E-state index in [1.54, 1.807) is 0 Å². The lowest BCUT2D eigenvalue weighted by Crippen LogP contribution is -2.33. The van der Waals surface area contributed by atoms with E-state index in [2.05, 4.69) is 29.4 Å². The number of hydrogen-bond acceptors (Lipinski definition) is 6. The van der Waals surface area contributed by atoms with Gasteiger partial charge in [0.2, 0.25) is 0 Å². The first-order valence-corrected chi connectivity index (χ1v) is 16.1. The minimum atomic E-state index is -0.685. The zero-order chi connectivity index (χ0) is 28.5. The highest BCUT2D eigenvalue weighted by atomic mass is 32.3. The number of hydrogen-bond donors (Lipinski definition) is 2. The fourth-order valence-corrected chi connectivity index (χ4v) is 4.41. The van der Waals surface area contributed by atoms with Gasteiger partial charge in [0.15, 0.2) is 0 Å². The number of para-hydroxylation sites is 1. The molecule has 39 heavy (non-hydrogen) atoms. The van der Waals surface area contributed by atoms with Crippen molar-refractivity contribution in [2.75, 3.05) is 37.7 Å². The van der Waals surface area contributed by atoms with Crippen LogP contribution in [0.1, 0.15) is 37.7 Å². The quantitative estimate of drug-likeness (QED) is 0.296. The SMILES string of the molecule is CC(C)(C)OC(=O)NCCc1cccc2nc(CNC(=O)OCc3ccccc3)n(COCCS(C)(C)C)c12. The molecule has 0 spiro atoms. The summed E-state index contributed by atoms with van der Waals surface area (Å²) in [5, 5.41) is 5.64. The molecule has 0 atom stereocenters. The molecule has 3 aromatic rings. The summed E-state index contributed by atoms with van der Waals surface area (Å²) in [5.41, 5.74) is 3.09. The fraction of sp³-hybridized carbons (Fsp3) is 0.483. The molecule has 0 radical (unpaired) electrons. The summed E-state index contributed by atoms with van der Waals surface area (Å²) in [7, 11) is -0.685. The van der Waals surface area contributed by atoms with E-state index in [9.17, 15) is 9.59 Å². The lowest BCUT2D eigenvalue weighted by Gasteiger charge is -2.24. The average molecular weight is 559 g/mol. The summed E-state index contributed by atoms with van der Waals surface area (Å²) >= 11 is 0. The molecule has 10 heteroatoms. The molecule has 0 unspecified atom stereocenters. The molecule has 0 aliphatic rings. The van der Waals surface area contributed by atoms with Gasteiger partial charge in [-0.2, -0.15) is 0 Å². The van der Waals surface area contributed by atoms with Gasteiger partial charge in [-0.1, -0.05) is 42.5 Å². The second-order valence-corrected chi connectivity index (χ2v) is 15.8. The summed E-state index contributed by atoms with van der Waals surface area (Å²) in [4.78, 5) is 29.3. The number of aromatic nitrogens is 2. The van der Waals surface area contributed by atoms with Gasteiger partial charge in [0, 0.05) is 12.3 Å². The number of alkyl carbamates (subject to hydrolysis) is 2. The fourth-order valence-electron chi connectivity index (χ4n) is 3.79. The highest BCUT2D eigenvalue weighted by Gasteiger charge is 2.18. The van der Waals surface area contributed by atoms with E-state index in [0.717, 1.165) is 27.9 Å². The second kappa shape index (κ2) is 13.7. The Morgan fingerprint density at radius 2 is 1.72 bits per heavy atom. The Balaban J connectivity index is 1.72. The Bertz CT molecular complexity index is 1230. The van der Waals surface area contributed by atoms with E-state index >= 15 is 0 Å². The molecule has 2 amide bonds. The number of amides is 2. The first kappa shape index (κ1) is 30.3. The number of carbonyl (C=O) groups excluding carboxylic acids is 2. The summed E-state index contributed by atoms with van der Waals surface area (Å²) in [5.74, 6) is 1.66. The molecule has 3 rings (SSSR count). The Morgan fingerprint density at radius 1 is 0.974 bits per heavy atom. The molecule has 2 N–H and O–H groups in total. The van der Waals surface area contributed by atoms with Crippen molar-refractivity contribution in [1.29, 1.82) is 0 Å². The molecule has 0 aliphatic heterocycles. The number of carbonyl (C=O) groups is 2. The van der Waals surface area contributed by atoms with Gasteiger partial charge in [0.05, 0.1) is 24.2 Å². The molecule has 0 saturated carbocycles. The standard InChI is InChI=1S/C29H42N4O5S/c1-29(2,3)38-28(35)30-16-15-23-13-10-14-24-26(23)33(21-36-17-18-39(4,5)6)25(32-24)19-31-27(34)37-20-22-11-8-7-9-12-22/h7-14H,15-21H2,1-6H3,(H,30,35)(H,31,34). The number of nitrogens with zero attached hydrogens (tertiary/aromatic N) is 2. The average Bonchev–Trinajstić information content (AvgIpc) is 3.21. The molecule has 0 aliphatic carbocycles. The van der Waals surface area contributed by atoms with Crippen LogP contribution in [0.2, 0.25) is 0 Å². The van der Waals surface area contributed by atoms with Gasteiger partial charge in [0.1, 0.15) is 24.8 Å². The lowest BCUT2D eigenvalue weighted by atomic mass is 10.1. The van der Waals surface area contributed by atoms with E-state index in [0.29, 0.717) is 32.1 Å². The lowest BCUT2D eigenvalue weighted by molar-refractivity contribution is 0.0528. The summed E-state index contributed by atoms with van der Waals surface area (Å²) in [6, 6.07) is 15.4. The van der Waals surface area contributed by atoms with Crippen molar-refractivity contribution in [3.63, 3.8) is 0 Å². The van der Waals surface area contributed by atoms with Gasteiger partial charge < -0.3 is 29.4 Å². The van der Waals surface area contributed by atoms with Crippen molar-refractivity contribution in [2.24, 2.45) is 0 Å². The zero-order valence-corrected chi connectivity index (χ0v) is 24.7. The summed E-state index contributed by atoms with van der Waals surface area (Å²) < 4.78 is 18.8. The third kappa shape index (κ3) is 10.4. The van der Waals surface area contributed by atoms with Crippen LogP contribution in [-0.4, -0.2) is 65.0 Å². The molecule has 0 fully saturated rings. The van der Waals surface area contributed by atoms with Crippen molar-refractivity contribution in [3.05, 3.63) is 65.5 Å². The maximum absolute atomic E-state index is 12.4. The number of ether oxygens (including phenoxy) is 3. The number of imidazole rings is 1. The normalized spacial score (nSPS) is 12.3. The Labute approximate surface area is 232 Å². The van der Waals surface area contributed by atoms with Crippen LogP contribution in [0.5, 0.6) is 0 Å². The first-order chi connectivity index (χ1) is 18.4. The number of fused-ring (bicyclic) bond motifs is 1. The molecule has 0 saturated heterocycles. The smallest absolute Gasteiger partial charge is 0.407 e. The molecule has 1 aromatic heterocycles. The van der Waals surface area contributed by atoms with Crippen LogP contribution in [0.15, 0.2) is 48.5 Å². The second-order valence-electron chi connectivity index (χ2n) is 11.2. The minimum Gasteiger partial charge on any atom is -0.445 e. The maximum atomic E-state index is 12.4. The molecule has 0 bridgehead atoms. The van der Waals surface area contributed by atoms with Crippen LogP contribution in [0, 0.1) is 0 Å². The van der Waals surface area contributed by atoms with E-state index in [4.69, 9.17) is 19.2 Å². The van der Waals surface area contributed by atoms with E-state index < -0.39 is 27.8 Å². The molecular formula is C29H42N4O5S. The van der Waals surface area contributed by atoms with Crippen molar-refractivity contribution in [3.8, 4) is 0 Å². The Hall–Kier alpha value is -3.24. The zero-order valence-electron chi connectivity index (χ0n) is 23.9. The van der Waals surface area contributed by atoms with Crippen LogP contribution in [0.4, 0.5) is 9.59 Å². The van der Waals surface area contributed by atoms with E-state index in [1.807, 2.05) is 73.9 Å². The van der Waals surface area contributed by atoms with Crippen LogP contribution < -0.4 is 10.6 Å². The Kier molecular flexibility index (Phi) is 10.7. The highest BCUT2D eigenvalue weighted by molar-refractivity contribution is 8.32. The highest BCUT2D eigenvalue weighted by Crippen LogP contribution is 2.33. The van der Waals surface area contributed by atoms with E-state index in [1.165, 1.54) is 0 Å². The number of benzene rings is 2. The van der Waals surface area contributed by atoms with Crippen molar-refractivity contribution in [1.82, 2.24) is 20.2 Å². The van der Waals surface area contributed by atoms with Gasteiger partial charge in [0.25, 0.3) is 0 Å². The van der Waals surface area contributed by atoms with Crippen LogP contribution in [-0.2, 0) is 40.5 Å². The number of rotatable bonds is 12. The number of nitrogens with one attached hydrogen (secondary N) is 2. The van der Waals surface area contributed by atoms with Gasteiger partial charge in [-0.05, 0) is 63.2 Å². The van der Waals surface area contributed by atoms with Gasteiger partial charge in [-0.15, -0.1) is 0 Å². The molecule has 1 heterocycles. The first-order valence-electron chi connectivity index (χ1n) is 13.0. The predicted molar refractivity (Wildman–Crippen MR) is 157 cm³/mol. The van der Waals surface area contributed by atoms with Gasteiger partial charge >= 0.3 is 12.2 Å². The van der Waals surface area contributed by atoms with Gasteiger partial charge in [-0.3, -0.25) is 0 Å². The monoisotopic (exact) mass is 558 g/mol. The van der Waals surface area contributed by atoms with Crippen LogP contribution in [0.25, 0.3) is 11.0 Å². The minimum absolute atomic E-state index is 0.186.